The van der Waals surface area contributed by atoms with Crippen LogP contribution in [0.2, 0.25) is 5.02 Å². The molecule has 0 saturated heterocycles. The van der Waals surface area contributed by atoms with Crippen molar-refractivity contribution in [2.75, 3.05) is 5.32 Å². The van der Waals surface area contributed by atoms with E-state index in [0.29, 0.717) is 11.5 Å². The van der Waals surface area contributed by atoms with Gasteiger partial charge in [-0.05, 0) is 42.2 Å². The molecule has 2 atom stereocenters. The molecule has 1 aromatic carbocycles. The van der Waals surface area contributed by atoms with E-state index < -0.39 is 11.1 Å². The van der Waals surface area contributed by atoms with Crippen LogP contribution in [-0.2, 0) is 12.8 Å². The lowest BCUT2D eigenvalue weighted by atomic mass is 9.72. The van der Waals surface area contributed by atoms with E-state index in [9.17, 15) is 14.9 Å². The van der Waals surface area contributed by atoms with E-state index in [2.05, 4.69) is 31.4 Å². The first-order valence-corrected chi connectivity index (χ1v) is 10.5. The Hall–Kier alpha value is -2.12. The molecule has 0 radical (unpaired) electrons. The fourth-order valence-electron chi connectivity index (χ4n) is 4.05. The molecule has 2 aliphatic rings. The Labute approximate surface area is 172 Å². The van der Waals surface area contributed by atoms with E-state index >= 15 is 0 Å². The lowest BCUT2D eigenvalue weighted by Gasteiger charge is -2.34. The molecule has 0 spiro atoms. The van der Waals surface area contributed by atoms with Gasteiger partial charge in [-0.2, -0.15) is 0 Å². The third kappa shape index (κ3) is 3.26. The second kappa shape index (κ2) is 6.74. The number of nitrogens with one attached hydrogen (secondary N) is 2. The highest BCUT2D eigenvalue weighted by atomic mass is 35.5. The Morgan fingerprint density at radius 3 is 2.71 bits per heavy atom. The van der Waals surface area contributed by atoms with Crippen LogP contribution in [0.3, 0.4) is 0 Å². The number of carbonyl (C=O) groups excluding carboxylic acids is 1. The molecule has 1 amide bonds. The van der Waals surface area contributed by atoms with Crippen LogP contribution in [0.5, 0.6) is 0 Å². The molecule has 148 valence electrons. The molecule has 2 aromatic rings. The van der Waals surface area contributed by atoms with Crippen molar-refractivity contribution in [3.63, 3.8) is 0 Å². The molecule has 0 fully saturated rings. The number of rotatable bonds is 2. The Balaban J connectivity index is 1.65. The Morgan fingerprint density at radius 2 is 2.04 bits per heavy atom. The van der Waals surface area contributed by atoms with Crippen LogP contribution in [0.1, 0.15) is 59.7 Å². The number of hydrogen-bond donors (Lipinski definition) is 2. The van der Waals surface area contributed by atoms with Crippen molar-refractivity contribution >= 4 is 39.5 Å². The van der Waals surface area contributed by atoms with Crippen molar-refractivity contribution in [2.24, 2.45) is 11.3 Å². The molecule has 6 nitrogen and oxygen atoms in total. The van der Waals surface area contributed by atoms with Crippen molar-refractivity contribution in [1.29, 1.82) is 0 Å². The van der Waals surface area contributed by atoms with Crippen LogP contribution in [0.25, 0.3) is 0 Å². The van der Waals surface area contributed by atoms with Crippen molar-refractivity contribution in [1.82, 2.24) is 5.32 Å². The summed E-state index contributed by atoms with van der Waals surface area (Å²) in [6.45, 7) is 6.81. The molecule has 28 heavy (non-hydrogen) atoms. The van der Waals surface area contributed by atoms with E-state index in [4.69, 9.17) is 11.6 Å². The van der Waals surface area contributed by atoms with Crippen LogP contribution in [-0.4, -0.2) is 10.8 Å². The van der Waals surface area contributed by atoms with Gasteiger partial charge in [-0.1, -0.05) is 38.4 Å². The van der Waals surface area contributed by atoms with Crippen LogP contribution in [0.15, 0.2) is 18.2 Å². The highest BCUT2D eigenvalue weighted by Gasteiger charge is 2.36. The number of nitro benzene ring substituents is 1. The average molecular weight is 420 g/mol. The van der Waals surface area contributed by atoms with E-state index in [1.807, 2.05) is 0 Å². The molecule has 0 unspecified atom stereocenters. The van der Waals surface area contributed by atoms with Crippen LogP contribution >= 0.6 is 22.9 Å². The average Bonchev–Trinajstić information content (AvgIpc) is 2.99. The summed E-state index contributed by atoms with van der Waals surface area (Å²) in [5.74, 6) is 0.473. The fourth-order valence-corrected chi connectivity index (χ4v) is 5.59. The van der Waals surface area contributed by atoms with Gasteiger partial charge in [-0.25, -0.2) is 0 Å². The summed E-state index contributed by atoms with van der Waals surface area (Å²) in [6.07, 6.45) is 2.46. The minimum absolute atomic E-state index is 0.0800. The van der Waals surface area contributed by atoms with Crippen LogP contribution in [0, 0.1) is 21.4 Å². The molecule has 1 aliphatic carbocycles. The third-order valence-corrected chi connectivity index (χ3v) is 7.27. The molecular weight excluding hydrogens is 398 g/mol. The number of carbonyl (C=O) groups is 1. The monoisotopic (exact) mass is 419 g/mol. The topological polar surface area (TPSA) is 84.3 Å². The third-order valence-electron chi connectivity index (χ3n) is 5.77. The zero-order chi connectivity index (χ0) is 20.2. The Kier molecular flexibility index (Phi) is 4.62. The summed E-state index contributed by atoms with van der Waals surface area (Å²) < 4.78 is 0. The molecule has 2 N–H and O–H groups in total. The summed E-state index contributed by atoms with van der Waals surface area (Å²) in [7, 11) is 0. The maximum absolute atomic E-state index is 12.9. The van der Waals surface area contributed by atoms with E-state index in [1.165, 1.54) is 17.0 Å². The summed E-state index contributed by atoms with van der Waals surface area (Å²) >= 11 is 7.55. The number of fused-ring (bicyclic) bond motifs is 3. The van der Waals surface area contributed by atoms with Gasteiger partial charge >= 0.3 is 0 Å². The van der Waals surface area contributed by atoms with Gasteiger partial charge in [-0.3, -0.25) is 14.9 Å². The number of thiophene rings is 1. The van der Waals surface area contributed by atoms with Crippen LogP contribution < -0.4 is 10.6 Å². The van der Waals surface area contributed by atoms with Gasteiger partial charge in [0.15, 0.2) is 0 Å². The molecule has 0 bridgehead atoms. The predicted octanol–water partition coefficient (Wildman–Crippen LogP) is 5.31. The number of nitrogens with zero attached hydrogens (tertiary/aromatic N) is 1. The van der Waals surface area contributed by atoms with Crippen molar-refractivity contribution in [3.05, 3.63) is 54.9 Å². The normalized spacial score (nSPS) is 21.4. The smallest absolute Gasteiger partial charge is 0.288 e. The molecule has 4 rings (SSSR count). The van der Waals surface area contributed by atoms with Gasteiger partial charge in [-0.15, -0.1) is 11.3 Å². The highest BCUT2D eigenvalue weighted by Crippen LogP contribution is 2.46. The minimum Gasteiger partial charge on any atom is -0.353 e. The number of amides is 1. The van der Waals surface area contributed by atoms with Gasteiger partial charge in [0.2, 0.25) is 0 Å². The number of benzene rings is 1. The van der Waals surface area contributed by atoms with Gasteiger partial charge in [0, 0.05) is 16.5 Å². The van der Waals surface area contributed by atoms with E-state index in [0.717, 1.165) is 35.4 Å². The maximum atomic E-state index is 12.9. The van der Waals surface area contributed by atoms with Gasteiger partial charge < -0.3 is 10.6 Å². The summed E-state index contributed by atoms with van der Waals surface area (Å²) in [5, 5.41) is 18.4. The quantitative estimate of drug-likeness (QED) is 0.510. The molecule has 2 heterocycles. The summed E-state index contributed by atoms with van der Waals surface area (Å²) in [6, 6.07) is 4.60. The van der Waals surface area contributed by atoms with Crippen molar-refractivity contribution in [3.8, 4) is 0 Å². The molecule has 1 aliphatic heterocycles. The second-order valence-corrected chi connectivity index (χ2v) is 10.0. The predicted molar refractivity (Wildman–Crippen MR) is 111 cm³/mol. The van der Waals surface area contributed by atoms with E-state index in [1.54, 1.807) is 17.4 Å². The number of anilines is 1. The first-order chi connectivity index (χ1) is 13.1. The number of hydrogen-bond acceptors (Lipinski definition) is 5. The molecule has 8 heteroatoms. The van der Waals surface area contributed by atoms with Crippen molar-refractivity contribution in [2.45, 2.75) is 46.2 Å². The molecular formula is C20H22ClN3O3S. The van der Waals surface area contributed by atoms with Gasteiger partial charge in [0.1, 0.15) is 16.2 Å². The lowest BCUT2D eigenvalue weighted by Crippen LogP contribution is -2.38. The summed E-state index contributed by atoms with van der Waals surface area (Å²) in [4.78, 5) is 24.8. The zero-order valence-corrected chi connectivity index (χ0v) is 17.5. The standard InChI is InChI=1S/C20H22ClN3O3S/c1-20(2,3)11-5-6-12-15(9-11)28-19-16(12)18(25)22-17(23-19)10-4-7-13(21)14(8-10)24(26)27/h4,7-8,11,17,23H,5-6,9H2,1-3H3,(H,22,25)/t11-,17+/m1/s1. The summed E-state index contributed by atoms with van der Waals surface area (Å²) in [5.41, 5.74) is 2.58. The SMILES string of the molecule is CC(C)(C)[C@@H]1CCc2c(sc3c2C(=O)N[C@H](c2ccc(Cl)c([N+](=O)[O-])c2)N3)C1. The second-order valence-electron chi connectivity index (χ2n) is 8.53. The largest absolute Gasteiger partial charge is 0.353 e. The van der Waals surface area contributed by atoms with Crippen molar-refractivity contribution < 1.29 is 9.72 Å². The maximum Gasteiger partial charge on any atom is 0.288 e. The number of halogens is 1. The Morgan fingerprint density at radius 1 is 1.29 bits per heavy atom. The minimum atomic E-state index is -0.519. The fraction of sp³-hybridized carbons (Fsp3) is 0.450. The number of nitro groups is 1. The molecule has 1 aromatic heterocycles. The molecule has 0 saturated carbocycles. The Bertz CT molecular complexity index is 980. The van der Waals surface area contributed by atoms with Gasteiger partial charge in [0.05, 0.1) is 10.5 Å². The highest BCUT2D eigenvalue weighted by molar-refractivity contribution is 7.16. The lowest BCUT2D eigenvalue weighted by molar-refractivity contribution is -0.384. The van der Waals surface area contributed by atoms with Gasteiger partial charge in [0.25, 0.3) is 11.6 Å². The van der Waals surface area contributed by atoms with Crippen LogP contribution in [0.4, 0.5) is 10.7 Å². The van der Waals surface area contributed by atoms with E-state index in [-0.39, 0.29) is 22.0 Å². The zero-order valence-electron chi connectivity index (χ0n) is 16.0. The first kappa shape index (κ1) is 19.2. The first-order valence-electron chi connectivity index (χ1n) is 9.31.